The molecule has 1 aromatic rings. The molecule has 1 heterocycles. The Hall–Kier alpha value is -1.79. The maximum atomic E-state index is 11.8. The lowest BCUT2D eigenvalue weighted by Crippen LogP contribution is -2.27. The minimum absolute atomic E-state index is 0.259. The van der Waals surface area contributed by atoms with Gasteiger partial charge in [0.15, 0.2) is 0 Å². The van der Waals surface area contributed by atoms with Crippen LogP contribution < -0.4 is 10.6 Å². The first-order valence-corrected chi connectivity index (χ1v) is 6.59. The molecule has 19 heavy (non-hydrogen) atoms. The van der Waals surface area contributed by atoms with Crippen molar-refractivity contribution >= 4 is 29.3 Å². The second-order valence-electron chi connectivity index (χ2n) is 3.84. The number of para-hydroxylation sites is 1. The van der Waals surface area contributed by atoms with Gasteiger partial charge in [-0.1, -0.05) is 23.9 Å². The molecular formula is C13H14N2O3S. The predicted octanol–water partition coefficient (Wildman–Crippen LogP) is 1.38. The van der Waals surface area contributed by atoms with Crippen molar-refractivity contribution in [3.05, 3.63) is 35.2 Å². The molecule has 6 heteroatoms. The number of ether oxygens (including phenoxy) is 1. The molecule has 2 N–H and O–H groups in total. The number of methoxy groups -OCH3 is 1. The Labute approximate surface area is 115 Å². The maximum Gasteiger partial charge on any atom is 0.262 e. The highest BCUT2D eigenvalue weighted by atomic mass is 32.2. The largest absolute Gasteiger partial charge is 0.383 e. The molecule has 0 aliphatic carbocycles. The minimum Gasteiger partial charge on any atom is -0.383 e. The Morgan fingerprint density at radius 1 is 1.47 bits per heavy atom. The zero-order valence-corrected chi connectivity index (χ0v) is 11.3. The molecule has 0 saturated heterocycles. The number of nitrogens with one attached hydrogen (secondary N) is 2. The van der Waals surface area contributed by atoms with Crippen LogP contribution in [0.4, 0.5) is 5.69 Å². The van der Waals surface area contributed by atoms with Crippen LogP contribution >= 0.6 is 11.8 Å². The topological polar surface area (TPSA) is 67.4 Å². The fraction of sp³-hybridized carbons (Fsp3) is 0.231. The van der Waals surface area contributed by atoms with Gasteiger partial charge in [-0.05, 0) is 12.1 Å². The third-order valence-electron chi connectivity index (χ3n) is 2.45. The van der Waals surface area contributed by atoms with Crippen LogP contribution in [0, 0.1) is 0 Å². The van der Waals surface area contributed by atoms with Crippen molar-refractivity contribution in [1.29, 1.82) is 0 Å². The first kappa shape index (κ1) is 13.6. The van der Waals surface area contributed by atoms with E-state index in [4.69, 9.17) is 4.74 Å². The molecule has 1 aromatic carbocycles. The van der Waals surface area contributed by atoms with Gasteiger partial charge in [0.25, 0.3) is 5.91 Å². The van der Waals surface area contributed by atoms with Crippen LogP contribution in [0.15, 0.2) is 40.1 Å². The molecule has 0 aromatic heterocycles. The summed E-state index contributed by atoms with van der Waals surface area (Å²) in [5, 5.41) is 5.39. The molecule has 0 saturated carbocycles. The van der Waals surface area contributed by atoms with Crippen molar-refractivity contribution in [3.8, 4) is 0 Å². The van der Waals surface area contributed by atoms with E-state index in [1.165, 1.54) is 17.8 Å². The average Bonchev–Trinajstić information content (AvgIpc) is 2.40. The molecule has 0 unspecified atom stereocenters. The smallest absolute Gasteiger partial charge is 0.262 e. The monoisotopic (exact) mass is 278 g/mol. The second kappa shape index (κ2) is 6.40. The number of hydrogen-bond donors (Lipinski definition) is 2. The molecule has 1 aliphatic heterocycles. The Morgan fingerprint density at radius 2 is 2.26 bits per heavy atom. The maximum absolute atomic E-state index is 11.8. The summed E-state index contributed by atoms with van der Waals surface area (Å²) < 4.78 is 4.83. The standard InChI is InChI=1S/C13H14N2O3S/c1-18-7-6-14-12(16)8-11-13(17)15-9-4-2-3-5-10(9)19-11/h2-5,8H,6-7H2,1H3,(H,14,16)(H,15,17)/b11-8+. The van der Waals surface area contributed by atoms with Crippen molar-refractivity contribution in [2.45, 2.75) is 4.90 Å². The summed E-state index contributed by atoms with van der Waals surface area (Å²) in [6.07, 6.45) is 1.31. The number of thioether (sulfide) groups is 1. The average molecular weight is 278 g/mol. The lowest BCUT2D eigenvalue weighted by molar-refractivity contribution is -0.117. The summed E-state index contributed by atoms with van der Waals surface area (Å²) in [5.41, 5.74) is 0.773. The zero-order chi connectivity index (χ0) is 13.7. The van der Waals surface area contributed by atoms with E-state index >= 15 is 0 Å². The number of carbonyl (C=O) groups is 2. The Morgan fingerprint density at radius 3 is 3.05 bits per heavy atom. The van der Waals surface area contributed by atoms with E-state index in [0.29, 0.717) is 18.1 Å². The van der Waals surface area contributed by atoms with Gasteiger partial charge < -0.3 is 15.4 Å². The molecule has 0 radical (unpaired) electrons. The van der Waals surface area contributed by atoms with Gasteiger partial charge in [-0.3, -0.25) is 9.59 Å². The molecule has 2 rings (SSSR count). The van der Waals surface area contributed by atoms with Crippen LogP contribution in [0.5, 0.6) is 0 Å². The summed E-state index contributed by atoms with van der Waals surface area (Å²) in [6.45, 7) is 0.860. The van der Waals surface area contributed by atoms with Crippen LogP contribution in [0.2, 0.25) is 0 Å². The molecular weight excluding hydrogens is 264 g/mol. The highest BCUT2D eigenvalue weighted by Crippen LogP contribution is 2.37. The number of carbonyl (C=O) groups excluding carboxylic acids is 2. The third-order valence-corrected chi connectivity index (χ3v) is 3.55. The fourth-order valence-electron chi connectivity index (χ4n) is 1.55. The highest BCUT2D eigenvalue weighted by molar-refractivity contribution is 8.04. The lowest BCUT2D eigenvalue weighted by Gasteiger charge is -2.17. The number of amides is 2. The number of fused-ring (bicyclic) bond motifs is 1. The van der Waals surface area contributed by atoms with Gasteiger partial charge in [0, 0.05) is 24.6 Å². The lowest BCUT2D eigenvalue weighted by atomic mass is 10.3. The molecule has 0 spiro atoms. The number of rotatable bonds is 4. The van der Waals surface area contributed by atoms with E-state index in [9.17, 15) is 9.59 Å². The van der Waals surface area contributed by atoms with Gasteiger partial charge in [-0.15, -0.1) is 0 Å². The molecule has 0 atom stereocenters. The normalized spacial score (nSPS) is 15.8. The summed E-state index contributed by atoms with van der Waals surface area (Å²) in [7, 11) is 1.56. The third kappa shape index (κ3) is 3.59. The molecule has 5 nitrogen and oxygen atoms in total. The van der Waals surface area contributed by atoms with E-state index in [1.807, 2.05) is 24.3 Å². The molecule has 0 bridgehead atoms. The second-order valence-corrected chi connectivity index (χ2v) is 4.93. The van der Waals surface area contributed by atoms with Crippen molar-refractivity contribution in [1.82, 2.24) is 5.32 Å². The van der Waals surface area contributed by atoms with Gasteiger partial charge in [-0.2, -0.15) is 0 Å². The summed E-state index contributed by atoms with van der Waals surface area (Å²) in [6, 6.07) is 7.47. The van der Waals surface area contributed by atoms with E-state index < -0.39 is 0 Å². The van der Waals surface area contributed by atoms with Crippen LogP contribution in [0.25, 0.3) is 0 Å². The van der Waals surface area contributed by atoms with Crippen LogP contribution in [-0.2, 0) is 14.3 Å². The fourth-order valence-corrected chi connectivity index (χ4v) is 2.47. The van der Waals surface area contributed by atoms with Crippen molar-refractivity contribution in [3.63, 3.8) is 0 Å². The van der Waals surface area contributed by atoms with Crippen molar-refractivity contribution in [2.24, 2.45) is 0 Å². The summed E-state index contributed by atoms with van der Waals surface area (Å²) >= 11 is 1.29. The van der Waals surface area contributed by atoms with Gasteiger partial charge in [0.2, 0.25) is 5.91 Å². The van der Waals surface area contributed by atoms with E-state index in [-0.39, 0.29) is 11.8 Å². The van der Waals surface area contributed by atoms with Crippen molar-refractivity contribution in [2.75, 3.05) is 25.6 Å². The SMILES string of the molecule is COCCNC(=O)/C=C1/Sc2ccccc2NC1=O. The Kier molecular flexibility index (Phi) is 4.59. The highest BCUT2D eigenvalue weighted by Gasteiger charge is 2.21. The quantitative estimate of drug-likeness (QED) is 0.645. The molecule has 0 fully saturated rings. The number of anilines is 1. The van der Waals surface area contributed by atoms with Crippen molar-refractivity contribution < 1.29 is 14.3 Å². The predicted molar refractivity (Wildman–Crippen MR) is 73.9 cm³/mol. The Balaban J connectivity index is 2.05. The zero-order valence-electron chi connectivity index (χ0n) is 10.4. The molecule has 2 amide bonds. The minimum atomic E-state index is -0.297. The van der Waals surface area contributed by atoms with Gasteiger partial charge in [-0.25, -0.2) is 0 Å². The van der Waals surface area contributed by atoms with Gasteiger partial charge in [0.05, 0.1) is 17.2 Å². The first-order valence-electron chi connectivity index (χ1n) is 5.77. The summed E-state index contributed by atoms with van der Waals surface area (Å²) in [4.78, 5) is 24.7. The molecule has 1 aliphatic rings. The number of benzene rings is 1. The van der Waals surface area contributed by atoms with Crippen LogP contribution in [0.1, 0.15) is 0 Å². The first-order chi connectivity index (χ1) is 9.20. The summed E-state index contributed by atoms with van der Waals surface area (Å²) in [5.74, 6) is -0.556. The van der Waals surface area contributed by atoms with E-state index in [0.717, 1.165) is 10.6 Å². The number of hydrogen-bond acceptors (Lipinski definition) is 4. The van der Waals surface area contributed by atoms with Gasteiger partial charge >= 0.3 is 0 Å². The Bertz CT molecular complexity index is 528. The van der Waals surface area contributed by atoms with Crippen LogP contribution in [0.3, 0.4) is 0 Å². The van der Waals surface area contributed by atoms with E-state index in [2.05, 4.69) is 10.6 Å². The van der Waals surface area contributed by atoms with Gasteiger partial charge in [0.1, 0.15) is 0 Å². The molecule has 100 valence electrons. The van der Waals surface area contributed by atoms with Crippen LogP contribution in [-0.4, -0.2) is 32.1 Å². The van der Waals surface area contributed by atoms with E-state index in [1.54, 1.807) is 7.11 Å².